The van der Waals surface area contributed by atoms with E-state index in [4.69, 9.17) is 16.3 Å². The van der Waals surface area contributed by atoms with Crippen molar-refractivity contribution in [1.29, 1.82) is 0 Å². The molecule has 0 aromatic heterocycles. The van der Waals surface area contributed by atoms with E-state index in [1.807, 2.05) is 43.3 Å². The van der Waals surface area contributed by atoms with Gasteiger partial charge in [-0.15, -0.1) is 0 Å². The monoisotopic (exact) mass is 400 g/mol. The third kappa shape index (κ3) is 4.37. The van der Waals surface area contributed by atoms with Crippen LogP contribution in [0.5, 0.6) is 5.75 Å². The highest BCUT2D eigenvalue weighted by atomic mass is 35.5. The van der Waals surface area contributed by atoms with Crippen LogP contribution >= 0.6 is 23.4 Å². The van der Waals surface area contributed by atoms with E-state index in [-0.39, 0.29) is 5.91 Å². The Labute approximate surface area is 168 Å². The predicted octanol–water partition coefficient (Wildman–Crippen LogP) is 5.54. The van der Waals surface area contributed by atoms with Gasteiger partial charge in [-0.2, -0.15) is 0 Å². The first-order valence-corrected chi connectivity index (χ1v) is 10.1. The molecule has 2 aromatic rings. The fraction of sp³-hybridized carbons (Fsp3) is 0.238. The Morgan fingerprint density at radius 3 is 2.59 bits per heavy atom. The zero-order valence-corrected chi connectivity index (χ0v) is 17.1. The van der Waals surface area contributed by atoms with Gasteiger partial charge in [-0.3, -0.25) is 9.69 Å². The molecule has 0 N–H and O–H groups in total. The molecule has 0 saturated heterocycles. The molecule has 0 radical (unpaired) electrons. The van der Waals surface area contributed by atoms with Gasteiger partial charge in [0.1, 0.15) is 11.4 Å². The van der Waals surface area contributed by atoms with Crippen molar-refractivity contribution in [2.24, 2.45) is 4.99 Å². The number of carbonyl (C=O) groups is 1. The lowest BCUT2D eigenvalue weighted by atomic mass is 10.1. The first-order chi connectivity index (χ1) is 13.0. The van der Waals surface area contributed by atoms with Crippen molar-refractivity contribution in [2.75, 3.05) is 17.8 Å². The van der Waals surface area contributed by atoms with Gasteiger partial charge in [0, 0.05) is 5.75 Å². The molecule has 0 aliphatic carbocycles. The number of hydrogen-bond acceptors (Lipinski definition) is 4. The second-order valence-corrected chi connectivity index (χ2v) is 7.61. The number of methoxy groups -OCH3 is 1. The van der Waals surface area contributed by atoms with Gasteiger partial charge in [0.05, 0.1) is 17.8 Å². The number of thioether (sulfide) groups is 1. The Morgan fingerprint density at radius 2 is 1.96 bits per heavy atom. The van der Waals surface area contributed by atoms with Crippen molar-refractivity contribution in [3.63, 3.8) is 0 Å². The second-order valence-electron chi connectivity index (χ2n) is 6.14. The number of hydrogen-bond donors (Lipinski definition) is 0. The Balaban J connectivity index is 1.97. The van der Waals surface area contributed by atoms with Gasteiger partial charge in [-0.1, -0.05) is 60.1 Å². The summed E-state index contributed by atoms with van der Waals surface area (Å²) < 4.78 is 5.21. The van der Waals surface area contributed by atoms with Crippen LogP contribution in [0.4, 0.5) is 5.69 Å². The molecular formula is C21H21ClN2O2S. The summed E-state index contributed by atoms with van der Waals surface area (Å²) in [6, 6.07) is 13.3. The van der Waals surface area contributed by atoms with Gasteiger partial charge in [0.15, 0.2) is 5.17 Å². The molecule has 1 aliphatic heterocycles. The smallest absolute Gasteiger partial charge is 0.283 e. The largest absolute Gasteiger partial charge is 0.495 e. The van der Waals surface area contributed by atoms with Gasteiger partial charge in [0.2, 0.25) is 0 Å². The minimum Gasteiger partial charge on any atom is -0.495 e. The minimum atomic E-state index is -0.157. The number of anilines is 1. The number of ether oxygens (including phenoxy) is 1. The maximum absolute atomic E-state index is 13.1. The third-order valence-electron chi connectivity index (χ3n) is 4.04. The number of rotatable bonds is 5. The van der Waals surface area contributed by atoms with Crippen molar-refractivity contribution < 1.29 is 9.53 Å². The summed E-state index contributed by atoms with van der Waals surface area (Å²) >= 11 is 7.83. The van der Waals surface area contributed by atoms with E-state index in [0.717, 1.165) is 17.7 Å². The van der Waals surface area contributed by atoms with E-state index < -0.39 is 0 Å². The van der Waals surface area contributed by atoms with Crippen LogP contribution in [0.25, 0.3) is 6.08 Å². The van der Waals surface area contributed by atoms with Crippen LogP contribution < -0.4 is 9.64 Å². The first kappa shape index (κ1) is 19.5. The van der Waals surface area contributed by atoms with Crippen molar-refractivity contribution in [3.05, 3.63) is 64.3 Å². The number of aliphatic imine (C=N–C) groups is 1. The molecule has 0 unspecified atom stereocenters. The fourth-order valence-electron chi connectivity index (χ4n) is 2.63. The van der Waals surface area contributed by atoms with E-state index in [1.54, 1.807) is 35.9 Å². The number of carbonyl (C=O) groups excluding carboxylic acids is 1. The zero-order valence-electron chi connectivity index (χ0n) is 15.5. The predicted molar refractivity (Wildman–Crippen MR) is 115 cm³/mol. The summed E-state index contributed by atoms with van der Waals surface area (Å²) in [5.74, 6) is 1.29. The van der Waals surface area contributed by atoms with E-state index >= 15 is 0 Å². The topological polar surface area (TPSA) is 41.9 Å². The summed E-state index contributed by atoms with van der Waals surface area (Å²) in [5.41, 5.74) is 3.22. The molecule has 6 heteroatoms. The standard InChI is InChI=1S/C21H21ClN2O2S/c1-4-11-27-21-23-18(12-15-7-5-14(2)6-8-15)20(25)24(21)16-9-10-19(26-3)17(22)13-16/h5-10,12-13H,4,11H2,1-3H3/b18-12-. The van der Waals surface area contributed by atoms with Crippen molar-refractivity contribution in [3.8, 4) is 5.75 Å². The van der Waals surface area contributed by atoms with Crippen molar-refractivity contribution in [2.45, 2.75) is 20.3 Å². The lowest BCUT2D eigenvalue weighted by Gasteiger charge is -2.18. The molecule has 0 bridgehead atoms. The number of amidine groups is 1. The number of nitrogens with zero attached hydrogens (tertiary/aromatic N) is 2. The summed E-state index contributed by atoms with van der Waals surface area (Å²) in [7, 11) is 1.56. The fourth-order valence-corrected chi connectivity index (χ4v) is 3.75. The average molecular weight is 401 g/mol. The summed E-state index contributed by atoms with van der Waals surface area (Å²) in [6.45, 7) is 4.13. The molecule has 0 fully saturated rings. The maximum Gasteiger partial charge on any atom is 0.283 e. The van der Waals surface area contributed by atoms with Gasteiger partial charge >= 0.3 is 0 Å². The van der Waals surface area contributed by atoms with E-state index in [2.05, 4.69) is 11.9 Å². The van der Waals surface area contributed by atoms with Crippen LogP contribution in [0.2, 0.25) is 5.02 Å². The van der Waals surface area contributed by atoms with Gasteiger partial charge in [-0.25, -0.2) is 4.99 Å². The highest BCUT2D eigenvalue weighted by Crippen LogP contribution is 2.34. The van der Waals surface area contributed by atoms with Crippen molar-refractivity contribution >= 4 is 46.2 Å². The van der Waals surface area contributed by atoms with Crippen LogP contribution in [0.1, 0.15) is 24.5 Å². The molecule has 2 aromatic carbocycles. The third-order valence-corrected chi connectivity index (χ3v) is 5.48. The number of amides is 1. The summed E-state index contributed by atoms with van der Waals surface area (Å²) in [4.78, 5) is 19.3. The second kappa shape index (κ2) is 8.63. The van der Waals surface area contributed by atoms with Gasteiger partial charge in [0.25, 0.3) is 5.91 Å². The molecule has 3 rings (SSSR count). The van der Waals surface area contributed by atoms with Gasteiger partial charge < -0.3 is 4.74 Å². The van der Waals surface area contributed by atoms with Crippen LogP contribution in [0.3, 0.4) is 0 Å². The van der Waals surface area contributed by atoms with E-state index in [1.165, 1.54) is 5.56 Å². The number of benzene rings is 2. The Kier molecular flexibility index (Phi) is 6.24. The molecule has 1 amide bonds. The molecule has 1 aliphatic rings. The average Bonchev–Trinajstić information content (AvgIpc) is 2.97. The van der Waals surface area contributed by atoms with Crippen molar-refractivity contribution in [1.82, 2.24) is 0 Å². The highest BCUT2D eigenvalue weighted by molar-refractivity contribution is 8.14. The normalized spacial score (nSPS) is 15.4. The quantitative estimate of drug-likeness (QED) is 0.618. The Hall–Kier alpha value is -2.24. The summed E-state index contributed by atoms with van der Waals surface area (Å²) in [6.07, 6.45) is 2.81. The maximum atomic E-state index is 13.1. The zero-order chi connectivity index (χ0) is 19.4. The van der Waals surface area contributed by atoms with Crippen LogP contribution in [-0.2, 0) is 4.79 Å². The molecule has 27 heavy (non-hydrogen) atoms. The molecule has 0 atom stereocenters. The van der Waals surface area contributed by atoms with Gasteiger partial charge in [-0.05, 0) is 43.2 Å². The lowest BCUT2D eigenvalue weighted by molar-refractivity contribution is -0.113. The van der Waals surface area contributed by atoms with Crippen LogP contribution in [-0.4, -0.2) is 23.9 Å². The van der Waals surface area contributed by atoms with Crippen LogP contribution in [0, 0.1) is 6.92 Å². The first-order valence-electron chi connectivity index (χ1n) is 8.71. The molecule has 4 nitrogen and oxygen atoms in total. The molecule has 0 saturated carbocycles. The highest BCUT2D eigenvalue weighted by Gasteiger charge is 2.32. The molecule has 1 heterocycles. The lowest BCUT2D eigenvalue weighted by Crippen LogP contribution is -2.30. The Bertz CT molecular complexity index is 907. The number of aryl methyl sites for hydroxylation is 1. The van der Waals surface area contributed by atoms with E-state index in [9.17, 15) is 4.79 Å². The summed E-state index contributed by atoms with van der Waals surface area (Å²) in [5, 5.41) is 1.13. The molecular weight excluding hydrogens is 380 g/mol. The Morgan fingerprint density at radius 1 is 1.22 bits per heavy atom. The SMILES string of the molecule is CCCSC1=N/C(=C\c2ccc(C)cc2)C(=O)N1c1ccc(OC)c(Cl)c1. The molecule has 140 valence electrons. The van der Waals surface area contributed by atoms with E-state index in [0.29, 0.717) is 27.3 Å². The number of halogens is 1. The minimum absolute atomic E-state index is 0.157. The van der Waals surface area contributed by atoms with Crippen LogP contribution in [0.15, 0.2) is 53.2 Å². The molecule has 0 spiro atoms.